The standard InChI is InChI=1S/C14H20N4/c1-10(2)7-11(8-15)17-14-9-16-18-13-6-4-3-5-12(13)14/h3-6,9-11H,7-8,15H2,1-2H3,(H,17,18). The first-order chi connectivity index (χ1) is 8.70. The number of hydrogen-bond acceptors (Lipinski definition) is 4. The summed E-state index contributed by atoms with van der Waals surface area (Å²) < 4.78 is 0. The van der Waals surface area contributed by atoms with Gasteiger partial charge in [0.05, 0.1) is 17.4 Å². The molecule has 1 heterocycles. The monoisotopic (exact) mass is 244 g/mol. The fourth-order valence-corrected chi connectivity index (χ4v) is 2.12. The van der Waals surface area contributed by atoms with Gasteiger partial charge in [0, 0.05) is 18.0 Å². The number of anilines is 1. The molecule has 4 heteroatoms. The van der Waals surface area contributed by atoms with E-state index in [0.29, 0.717) is 12.5 Å². The Morgan fingerprint density at radius 1 is 1.28 bits per heavy atom. The first kappa shape index (κ1) is 12.8. The predicted molar refractivity (Wildman–Crippen MR) is 75.5 cm³/mol. The molecular formula is C14H20N4. The quantitative estimate of drug-likeness (QED) is 0.847. The van der Waals surface area contributed by atoms with Crippen molar-refractivity contribution in [3.63, 3.8) is 0 Å². The molecule has 2 rings (SSSR count). The van der Waals surface area contributed by atoms with Gasteiger partial charge in [-0.05, 0) is 18.4 Å². The lowest BCUT2D eigenvalue weighted by Gasteiger charge is -2.20. The third-order valence-corrected chi connectivity index (χ3v) is 2.95. The Labute approximate surface area is 108 Å². The van der Waals surface area contributed by atoms with Crippen molar-refractivity contribution < 1.29 is 0 Å². The van der Waals surface area contributed by atoms with Gasteiger partial charge in [-0.3, -0.25) is 0 Å². The van der Waals surface area contributed by atoms with Gasteiger partial charge in [-0.15, -0.1) is 0 Å². The molecule has 1 aromatic carbocycles. The van der Waals surface area contributed by atoms with Gasteiger partial charge in [0.2, 0.25) is 0 Å². The van der Waals surface area contributed by atoms with E-state index >= 15 is 0 Å². The van der Waals surface area contributed by atoms with Crippen molar-refractivity contribution in [1.82, 2.24) is 10.2 Å². The summed E-state index contributed by atoms with van der Waals surface area (Å²) in [5, 5.41) is 12.7. The Hall–Kier alpha value is -1.68. The minimum atomic E-state index is 0.276. The van der Waals surface area contributed by atoms with Crippen molar-refractivity contribution in [3.05, 3.63) is 30.5 Å². The molecule has 0 aliphatic rings. The van der Waals surface area contributed by atoms with Crippen LogP contribution in [-0.4, -0.2) is 22.8 Å². The second-order valence-electron chi connectivity index (χ2n) is 4.98. The maximum Gasteiger partial charge on any atom is 0.0950 e. The van der Waals surface area contributed by atoms with Gasteiger partial charge in [-0.2, -0.15) is 10.2 Å². The van der Waals surface area contributed by atoms with Crippen LogP contribution in [0.1, 0.15) is 20.3 Å². The maximum atomic E-state index is 5.81. The average Bonchev–Trinajstić information content (AvgIpc) is 2.38. The van der Waals surface area contributed by atoms with Gasteiger partial charge in [-0.25, -0.2) is 0 Å². The van der Waals surface area contributed by atoms with Crippen LogP contribution in [-0.2, 0) is 0 Å². The van der Waals surface area contributed by atoms with Crippen LogP contribution >= 0.6 is 0 Å². The molecule has 1 unspecified atom stereocenters. The minimum Gasteiger partial charge on any atom is -0.379 e. The highest BCUT2D eigenvalue weighted by Crippen LogP contribution is 2.21. The number of hydrogen-bond donors (Lipinski definition) is 2. The summed E-state index contributed by atoms with van der Waals surface area (Å²) in [6, 6.07) is 8.27. The molecule has 0 bridgehead atoms. The number of nitrogens with two attached hydrogens (primary N) is 1. The second kappa shape index (κ2) is 5.78. The molecule has 96 valence electrons. The zero-order valence-corrected chi connectivity index (χ0v) is 10.9. The van der Waals surface area contributed by atoms with E-state index in [0.717, 1.165) is 23.0 Å². The van der Waals surface area contributed by atoms with Crippen LogP contribution in [0.5, 0.6) is 0 Å². The van der Waals surface area contributed by atoms with Gasteiger partial charge >= 0.3 is 0 Å². The van der Waals surface area contributed by atoms with E-state index in [9.17, 15) is 0 Å². The molecule has 0 aliphatic carbocycles. The Morgan fingerprint density at radius 3 is 2.78 bits per heavy atom. The van der Waals surface area contributed by atoms with Crippen LogP contribution < -0.4 is 11.1 Å². The molecule has 2 aromatic rings. The number of rotatable bonds is 5. The van der Waals surface area contributed by atoms with Crippen LogP contribution in [0.4, 0.5) is 5.69 Å². The SMILES string of the molecule is CC(C)CC(CN)Nc1cnnc2ccccc12. The Bertz CT molecular complexity index is 505. The summed E-state index contributed by atoms with van der Waals surface area (Å²) >= 11 is 0. The van der Waals surface area contributed by atoms with E-state index in [4.69, 9.17) is 5.73 Å². The minimum absolute atomic E-state index is 0.276. The molecule has 4 nitrogen and oxygen atoms in total. The van der Waals surface area contributed by atoms with E-state index in [-0.39, 0.29) is 6.04 Å². The summed E-state index contributed by atoms with van der Waals surface area (Å²) in [7, 11) is 0. The van der Waals surface area contributed by atoms with Gasteiger partial charge < -0.3 is 11.1 Å². The lowest BCUT2D eigenvalue weighted by atomic mass is 10.0. The van der Waals surface area contributed by atoms with E-state index in [2.05, 4.69) is 35.4 Å². The molecular weight excluding hydrogens is 224 g/mol. The first-order valence-electron chi connectivity index (χ1n) is 6.37. The second-order valence-corrected chi connectivity index (χ2v) is 4.98. The Balaban J connectivity index is 2.25. The third-order valence-electron chi connectivity index (χ3n) is 2.95. The molecule has 0 saturated heterocycles. The number of nitrogens with one attached hydrogen (secondary N) is 1. The van der Waals surface area contributed by atoms with Crippen LogP contribution in [0, 0.1) is 5.92 Å². The number of fused-ring (bicyclic) bond motifs is 1. The Morgan fingerprint density at radius 2 is 2.06 bits per heavy atom. The fourth-order valence-electron chi connectivity index (χ4n) is 2.12. The molecule has 0 aliphatic heterocycles. The zero-order chi connectivity index (χ0) is 13.0. The molecule has 1 atom stereocenters. The first-order valence-corrected chi connectivity index (χ1v) is 6.37. The summed E-state index contributed by atoms with van der Waals surface area (Å²) in [6.45, 7) is 5.02. The van der Waals surface area contributed by atoms with E-state index < -0.39 is 0 Å². The van der Waals surface area contributed by atoms with E-state index in [1.165, 1.54) is 0 Å². The zero-order valence-electron chi connectivity index (χ0n) is 10.9. The van der Waals surface area contributed by atoms with Crippen molar-refractivity contribution in [2.75, 3.05) is 11.9 Å². The normalized spacial score (nSPS) is 12.9. The molecule has 0 spiro atoms. The smallest absolute Gasteiger partial charge is 0.0950 e. The largest absolute Gasteiger partial charge is 0.379 e. The Kier molecular flexibility index (Phi) is 4.10. The molecule has 0 fully saturated rings. The van der Waals surface area contributed by atoms with E-state index in [1.807, 2.05) is 18.2 Å². The lowest BCUT2D eigenvalue weighted by molar-refractivity contribution is 0.522. The van der Waals surface area contributed by atoms with Gasteiger partial charge in [-0.1, -0.05) is 32.0 Å². The summed E-state index contributed by atoms with van der Waals surface area (Å²) in [5.74, 6) is 0.618. The molecule has 0 radical (unpaired) electrons. The average molecular weight is 244 g/mol. The predicted octanol–water partition coefficient (Wildman–Crippen LogP) is 2.42. The molecule has 18 heavy (non-hydrogen) atoms. The van der Waals surface area contributed by atoms with Gasteiger partial charge in [0.1, 0.15) is 0 Å². The maximum absolute atomic E-state index is 5.81. The van der Waals surface area contributed by atoms with Crippen LogP contribution in [0.15, 0.2) is 30.5 Å². The van der Waals surface area contributed by atoms with E-state index in [1.54, 1.807) is 6.20 Å². The van der Waals surface area contributed by atoms with Gasteiger partial charge in [0.15, 0.2) is 0 Å². The summed E-state index contributed by atoms with van der Waals surface area (Å²) in [5.41, 5.74) is 7.73. The number of aromatic nitrogens is 2. The highest BCUT2D eigenvalue weighted by molar-refractivity contribution is 5.90. The summed E-state index contributed by atoms with van der Waals surface area (Å²) in [4.78, 5) is 0. The van der Waals surface area contributed by atoms with Crippen LogP contribution in [0.3, 0.4) is 0 Å². The molecule has 0 saturated carbocycles. The van der Waals surface area contributed by atoms with Crippen molar-refractivity contribution in [2.24, 2.45) is 11.7 Å². The third kappa shape index (κ3) is 2.96. The highest BCUT2D eigenvalue weighted by atomic mass is 15.1. The van der Waals surface area contributed by atoms with Crippen LogP contribution in [0.2, 0.25) is 0 Å². The molecule has 1 aromatic heterocycles. The van der Waals surface area contributed by atoms with Crippen molar-refractivity contribution >= 4 is 16.6 Å². The number of benzene rings is 1. The topological polar surface area (TPSA) is 63.8 Å². The summed E-state index contributed by atoms with van der Waals surface area (Å²) in [6.07, 6.45) is 2.82. The van der Waals surface area contributed by atoms with Gasteiger partial charge in [0.25, 0.3) is 0 Å². The van der Waals surface area contributed by atoms with Crippen LogP contribution in [0.25, 0.3) is 10.9 Å². The van der Waals surface area contributed by atoms with Crippen molar-refractivity contribution in [3.8, 4) is 0 Å². The highest BCUT2D eigenvalue weighted by Gasteiger charge is 2.11. The number of nitrogens with zero attached hydrogens (tertiary/aromatic N) is 2. The molecule has 3 N–H and O–H groups in total. The van der Waals surface area contributed by atoms with Crippen molar-refractivity contribution in [1.29, 1.82) is 0 Å². The lowest BCUT2D eigenvalue weighted by Crippen LogP contribution is -2.30. The fraction of sp³-hybridized carbons (Fsp3) is 0.429. The molecule has 0 amide bonds. The van der Waals surface area contributed by atoms with Crippen molar-refractivity contribution in [2.45, 2.75) is 26.3 Å².